The van der Waals surface area contributed by atoms with Gasteiger partial charge in [0.15, 0.2) is 16.7 Å². The molecule has 0 radical (unpaired) electrons. The van der Waals surface area contributed by atoms with Crippen LogP contribution in [-0.2, 0) is 4.79 Å². The van der Waals surface area contributed by atoms with Crippen LogP contribution in [0.1, 0.15) is 33.9 Å². The Bertz CT molecular complexity index is 1080. The summed E-state index contributed by atoms with van der Waals surface area (Å²) >= 11 is 2.13. The summed E-state index contributed by atoms with van der Waals surface area (Å²) < 4.78 is 14.1. The Hall–Kier alpha value is -2.84. The standard InChI is InChI=1S/C21H17FN2O3S2/c1-12(25)15-8-9-17(16(22)10-15)28-11-18(27)23-21-24-19(20(29-21)13(2)26)14-6-4-3-5-7-14/h3-10H,11H2,1-2H3,(H,23,24,27). The predicted octanol–water partition coefficient (Wildman–Crippen LogP) is 5.09. The molecule has 5 nitrogen and oxygen atoms in total. The van der Waals surface area contributed by atoms with Gasteiger partial charge < -0.3 is 5.32 Å². The van der Waals surface area contributed by atoms with E-state index in [1.54, 1.807) is 0 Å². The molecule has 3 rings (SSSR count). The molecule has 0 aliphatic rings. The molecule has 0 unspecified atom stereocenters. The van der Waals surface area contributed by atoms with Gasteiger partial charge in [-0.25, -0.2) is 9.37 Å². The number of thioether (sulfide) groups is 1. The summed E-state index contributed by atoms with van der Waals surface area (Å²) in [5, 5.41) is 2.98. The average molecular weight is 429 g/mol. The Kier molecular flexibility index (Phi) is 6.56. The van der Waals surface area contributed by atoms with Gasteiger partial charge in [-0.15, -0.1) is 11.8 Å². The molecule has 0 aliphatic carbocycles. The molecule has 1 heterocycles. The minimum absolute atomic E-state index is 0.0357. The first kappa shape index (κ1) is 20.9. The lowest BCUT2D eigenvalue weighted by Gasteiger charge is -2.05. The minimum atomic E-state index is -0.546. The van der Waals surface area contributed by atoms with Crippen LogP contribution in [0.2, 0.25) is 0 Å². The van der Waals surface area contributed by atoms with Crippen molar-refractivity contribution >= 4 is 45.7 Å². The number of amides is 1. The van der Waals surface area contributed by atoms with Crippen LogP contribution in [0.25, 0.3) is 11.3 Å². The van der Waals surface area contributed by atoms with Gasteiger partial charge in [0.2, 0.25) is 5.91 Å². The van der Waals surface area contributed by atoms with E-state index in [0.29, 0.717) is 15.7 Å². The van der Waals surface area contributed by atoms with Crippen LogP contribution < -0.4 is 5.32 Å². The molecular formula is C21H17FN2O3S2. The van der Waals surface area contributed by atoms with E-state index >= 15 is 0 Å². The second-order valence-corrected chi connectivity index (χ2v) is 8.17. The van der Waals surface area contributed by atoms with E-state index in [4.69, 9.17) is 0 Å². The van der Waals surface area contributed by atoms with Crippen molar-refractivity contribution in [1.82, 2.24) is 4.98 Å². The molecule has 0 saturated carbocycles. The molecule has 1 amide bonds. The zero-order valence-corrected chi connectivity index (χ0v) is 17.3. The summed E-state index contributed by atoms with van der Waals surface area (Å²) in [5.74, 6) is -1.31. The van der Waals surface area contributed by atoms with Crippen LogP contribution in [-0.4, -0.2) is 28.2 Å². The minimum Gasteiger partial charge on any atom is -0.301 e. The SMILES string of the molecule is CC(=O)c1ccc(SCC(=O)Nc2nc(-c3ccccc3)c(C(C)=O)s2)c(F)c1. The number of Topliss-reactive ketones (excluding diaryl/α,β-unsaturated/α-hetero) is 2. The van der Waals surface area contributed by atoms with E-state index in [9.17, 15) is 18.8 Å². The molecule has 2 aromatic carbocycles. The number of benzene rings is 2. The van der Waals surface area contributed by atoms with E-state index < -0.39 is 5.82 Å². The summed E-state index contributed by atoms with van der Waals surface area (Å²) in [5.41, 5.74) is 1.60. The molecule has 1 aromatic heterocycles. The molecule has 0 bridgehead atoms. The van der Waals surface area contributed by atoms with Crippen LogP contribution in [0.5, 0.6) is 0 Å². The number of hydrogen-bond acceptors (Lipinski definition) is 6. The van der Waals surface area contributed by atoms with E-state index in [2.05, 4.69) is 10.3 Å². The summed E-state index contributed by atoms with van der Waals surface area (Å²) in [7, 11) is 0. The second-order valence-electron chi connectivity index (χ2n) is 6.16. The van der Waals surface area contributed by atoms with E-state index in [0.717, 1.165) is 34.7 Å². The van der Waals surface area contributed by atoms with Gasteiger partial charge in [0.25, 0.3) is 0 Å². The summed E-state index contributed by atoms with van der Waals surface area (Å²) in [4.78, 5) is 40.6. The van der Waals surface area contributed by atoms with Crippen molar-refractivity contribution in [2.24, 2.45) is 0 Å². The molecule has 3 aromatic rings. The number of anilines is 1. The maximum absolute atomic E-state index is 14.1. The topological polar surface area (TPSA) is 76.1 Å². The third-order valence-electron chi connectivity index (χ3n) is 3.94. The molecule has 29 heavy (non-hydrogen) atoms. The van der Waals surface area contributed by atoms with Crippen molar-refractivity contribution in [1.29, 1.82) is 0 Å². The number of thiazole rings is 1. The van der Waals surface area contributed by atoms with Crippen molar-refractivity contribution in [3.05, 3.63) is 64.8 Å². The van der Waals surface area contributed by atoms with Crippen LogP contribution in [0, 0.1) is 5.82 Å². The van der Waals surface area contributed by atoms with Crippen molar-refractivity contribution in [2.45, 2.75) is 18.7 Å². The smallest absolute Gasteiger partial charge is 0.236 e. The van der Waals surface area contributed by atoms with Gasteiger partial charge in [-0.2, -0.15) is 0 Å². The first-order valence-electron chi connectivity index (χ1n) is 8.65. The first-order valence-corrected chi connectivity index (χ1v) is 10.5. The van der Waals surface area contributed by atoms with Crippen molar-refractivity contribution in [3.63, 3.8) is 0 Å². The largest absolute Gasteiger partial charge is 0.301 e. The Morgan fingerprint density at radius 3 is 2.41 bits per heavy atom. The lowest BCUT2D eigenvalue weighted by atomic mass is 10.1. The second kappa shape index (κ2) is 9.11. The number of rotatable bonds is 7. The van der Waals surface area contributed by atoms with Gasteiger partial charge in [-0.05, 0) is 19.1 Å². The molecule has 0 saturated heterocycles. The van der Waals surface area contributed by atoms with Crippen LogP contribution in [0.15, 0.2) is 53.4 Å². The monoisotopic (exact) mass is 428 g/mol. The molecule has 148 valence electrons. The zero-order chi connectivity index (χ0) is 21.0. The number of nitrogens with zero attached hydrogens (tertiary/aromatic N) is 1. The third-order valence-corrected chi connectivity index (χ3v) is 6.06. The fourth-order valence-electron chi connectivity index (χ4n) is 2.54. The number of nitrogens with one attached hydrogen (secondary N) is 1. The molecular weight excluding hydrogens is 411 g/mol. The highest BCUT2D eigenvalue weighted by Crippen LogP contribution is 2.32. The Morgan fingerprint density at radius 2 is 1.79 bits per heavy atom. The van der Waals surface area contributed by atoms with Gasteiger partial charge in [0.05, 0.1) is 16.3 Å². The molecule has 0 spiro atoms. The highest BCUT2D eigenvalue weighted by Gasteiger charge is 2.18. The lowest BCUT2D eigenvalue weighted by molar-refractivity contribution is -0.113. The van der Waals surface area contributed by atoms with E-state index in [1.165, 1.54) is 26.0 Å². The normalized spacial score (nSPS) is 10.6. The number of aromatic nitrogens is 1. The maximum atomic E-state index is 14.1. The van der Waals surface area contributed by atoms with Crippen LogP contribution in [0.3, 0.4) is 0 Å². The maximum Gasteiger partial charge on any atom is 0.236 e. The molecule has 1 N–H and O–H groups in total. The molecule has 8 heteroatoms. The Morgan fingerprint density at radius 1 is 1.07 bits per heavy atom. The van der Waals surface area contributed by atoms with E-state index in [1.807, 2.05) is 30.3 Å². The van der Waals surface area contributed by atoms with Crippen molar-refractivity contribution in [2.75, 3.05) is 11.1 Å². The van der Waals surface area contributed by atoms with Gasteiger partial charge in [0.1, 0.15) is 5.82 Å². The van der Waals surface area contributed by atoms with Gasteiger partial charge in [-0.1, -0.05) is 47.7 Å². The van der Waals surface area contributed by atoms with Crippen LogP contribution in [0.4, 0.5) is 9.52 Å². The quantitative estimate of drug-likeness (QED) is 0.419. The highest BCUT2D eigenvalue weighted by molar-refractivity contribution is 8.00. The number of ketones is 2. The molecule has 0 aliphatic heterocycles. The number of halogens is 1. The van der Waals surface area contributed by atoms with Crippen LogP contribution >= 0.6 is 23.1 Å². The fourth-order valence-corrected chi connectivity index (χ4v) is 4.16. The fraction of sp³-hybridized carbons (Fsp3) is 0.143. The van der Waals surface area contributed by atoms with Crippen molar-refractivity contribution < 1.29 is 18.8 Å². The first-order chi connectivity index (χ1) is 13.8. The van der Waals surface area contributed by atoms with E-state index in [-0.39, 0.29) is 33.7 Å². The zero-order valence-electron chi connectivity index (χ0n) is 15.7. The number of carbonyl (C=O) groups excluding carboxylic acids is 3. The summed E-state index contributed by atoms with van der Waals surface area (Å²) in [6.45, 7) is 2.82. The average Bonchev–Trinajstić information content (AvgIpc) is 3.11. The highest BCUT2D eigenvalue weighted by atomic mass is 32.2. The van der Waals surface area contributed by atoms with Gasteiger partial charge in [-0.3, -0.25) is 14.4 Å². The number of carbonyl (C=O) groups is 3. The van der Waals surface area contributed by atoms with Gasteiger partial charge >= 0.3 is 0 Å². The van der Waals surface area contributed by atoms with Gasteiger partial charge in [0, 0.05) is 22.9 Å². The summed E-state index contributed by atoms with van der Waals surface area (Å²) in [6.07, 6.45) is 0. The summed E-state index contributed by atoms with van der Waals surface area (Å²) in [6, 6.07) is 13.4. The molecule has 0 atom stereocenters. The number of hydrogen-bond donors (Lipinski definition) is 1. The predicted molar refractivity (Wildman–Crippen MR) is 113 cm³/mol. The Balaban J connectivity index is 1.70. The lowest BCUT2D eigenvalue weighted by Crippen LogP contribution is -2.14. The van der Waals surface area contributed by atoms with Crippen molar-refractivity contribution in [3.8, 4) is 11.3 Å². The molecule has 0 fully saturated rings. The Labute approximate surface area is 175 Å². The third kappa shape index (κ3) is 5.16.